The molecule has 1 aromatic carbocycles. The van der Waals surface area contributed by atoms with Crippen LogP contribution in [0.15, 0.2) is 29.4 Å². The van der Waals surface area contributed by atoms with Crippen molar-refractivity contribution in [3.05, 3.63) is 29.8 Å². The number of oxime groups is 1. The zero-order chi connectivity index (χ0) is 14.5. The van der Waals surface area contributed by atoms with E-state index in [1.165, 1.54) is 6.07 Å². The fraction of sp³-hybridized carbons (Fsp3) is 0.385. The number of nitrogens with zero attached hydrogens (tertiary/aromatic N) is 1. The highest BCUT2D eigenvalue weighted by atomic mass is 16.4. The third-order valence-corrected chi connectivity index (χ3v) is 3.14. The Morgan fingerprint density at radius 2 is 2.11 bits per heavy atom. The van der Waals surface area contributed by atoms with Crippen molar-refractivity contribution in [2.75, 3.05) is 0 Å². The minimum Gasteiger partial charge on any atom is -0.508 e. The topological polar surface area (TPSA) is 108 Å². The summed E-state index contributed by atoms with van der Waals surface area (Å²) >= 11 is 0. The van der Waals surface area contributed by atoms with E-state index in [9.17, 15) is 9.90 Å². The summed E-state index contributed by atoms with van der Waals surface area (Å²) in [4.78, 5) is 11.9. The first-order chi connectivity index (χ1) is 8.92. The Morgan fingerprint density at radius 3 is 2.63 bits per heavy atom. The number of rotatable bonds is 5. The van der Waals surface area contributed by atoms with Crippen LogP contribution in [0, 0.1) is 0 Å². The molecule has 0 fully saturated rings. The predicted octanol–water partition coefficient (Wildman–Crippen LogP) is 0.966. The summed E-state index contributed by atoms with van der Waals surface area (Å²) in [6.07, 6.45) is 0.510. The Balaban J connectivity index is 2.78. The molecule has 0 heterocycles. The van der Waals surface area contributed by atoms with Gasteiger partial charge in [-0.3, -0.25) is 4.79 Å². The maximum Gasteiger partial charge on any atom is 0.225 e. The normalized spacial score (nSPS) is 14.7. The van der Waals surface area contributed by atoms with Crippen LogP contribution < -0.4 is 11.1 Å². The first-order valence-corrected chi connectivity index (χ1v) is 5.99. The third kappa shape index (κ3) is 3.61. The molecular formula is C13H19N3O3. The summed E-state index contributed by atoms with van der Waals surface area (Å²) in [5.41, 5.74) is 5.19. The molecule has 0 aromatic heterocycles. The van der Waals surface area contributed by atoms with E-state index in [-0.39, 0.29) is 23.9 Å². The Bertz CT molecular complexity index is 488. The highest BCUT2D eigenvalue weighted by molar-refractivity contribution is 5.94. The number of aromatic hydroxyl groups is 1. The first-order valence-electron chi connectivity index (χ1n) is 5.99. The van der Waals surface area contributed by atoms with Crippen LogP contribution in [0.1, 0.15) is 25.8 Å². The second-order valence-electron chi connectivity index (χ2n) is 4.52. The Hall–Kier alpha value is -2.24. The van der Waals surface area contributed by atoms with Gasteiger partial charge in [-0.05, 0) is 19.4 Å². The minimum absolute atomic E-state index is 0.0287. The Morgan fingerprint density at radius 1 is 1.47 bits per heavy atom. The van der Waals surface area contributed by atoms with Crippen molar-refractivity contribution in [1.29, 1.82) is 0 Å². The molecule has 0 saturated carbocycles. The summed E-state index contributed by atoms with van der Waals surface area (Å²) in [6, 6.07) is 6.61. The number of nitrogens with two attached hydrogens (primary N) is 1. The maximum absolute atomic E-state index is 11.9. The summed E-state index contributed by atoms with van der Waals surface area (Å²) < 4.78 is 0. The highest BCUT2D eigenvalue weighted by Crippen LogP contribution is 2.17. The highest BCUT2D eigenvalue weighted by Gasteiger charge is 2.29. The van der Waals surface area contributed by atoms with E-state index in [1.54, 1.807) is 25.1 Å². The van der Waals surface area contributed by atoms with E-state index in [0.717, 1.165) is 0 Å². The fourth-order valence-electron chi connectivity index (χ4n) is 1.63. The van der Waals surface area contributed by atoms with Gasteiger partial charge in [-0.15, -0.1) is 0 Å². The van der Waals surface area contributed by atoms with Gasteiger partial charge in [-0.2, -0.15) is 0 Å². The van der Waals surface area contributed by atoms with Gasteiger partial charge < -0.3 is 21.4 Å². The number of phenols is 1. The molecule has 1 aromatic rings. The monoisotopic (exact) mass is 265 g/mol. The van der Waals surface area contributed by atoms with Crippen molar-refractivity contribution < 1.29 is 15.1 Å². The summed E-state index contributed by atoms with van der Waals surface area (Å²) in [5, 5.41) is 24.0. The van der Waals surface area contributed by atoms with E-state index >= 15 is 0 Å². The van der Waals surface area contributed by atoms with Crippen LogP contribution in [-0.2, 0) is 11.2 Å². The Kier molecular flexibility index (Phi) is 4.74. The summed E-state index contributed by atoms with van der Waals surface area (Å²) in [5.74, 6) is -0.294. The van der Waals surface area contributed by atoms with Crippen molar-refractivity contribution >= 4 is 11.7 Å². The lowest BCUT2D eigenvalue weighted by Gasteiger charge is -2.28. The lowest BCUT2D eigenvalue weighted by molar-refractivity contribution is -0.121. The van der Waals surface area contributed by atoms with Crippen LogP contribution in [0.3, 0.4) is 0 Å². The molecule has 0 spiro atoms. The van der Waals surface area contributed by atoms with Crippen molar-refractivity contribution in [3.63, 3.8) is 0 Å². The molecule has 1 rings (SSSR count). The molecule has 19 heavy (non-hydrogen) atoms. The molecule has 5 N–H and O–H groups in total. The van der Waals surface area contributed by atoms with Crippen molar-refractivity contribution in [2.45, 2.75) is 32.2 Å². The summed E-state index contributed by atoms with van der Waals surface area (Å²) in [7, 11) is 0. The number of phenolic OH excluding ortho intramolecular Hbond substituents is 1. The number of carbonyl (C=O) groups is 1. The van der Waals surface area contributed by atoms with Crippen LogP contribution in [0.25, 0.3) is 0 Å². The molecule has 1 atom stereocenters. The number of benzene rings is 1. The number of amides is 1. The van der Waals surface area contributed by atoms with Gasteiger partial charge in [0.2, 0.25) is 5.91 Å². The molecule has 0 bridgehead atoms. The minimum atomic E-state index is -0.907. The molecule has 1 amide bonds. The molecule has 0 aliphatic carbocycles. The Labute approximate surface area is 111 Å². The van der Waals surface area contributed by atoms with E-state index in [4.69, 9.17) is 10.9 Å². The van der Waals surface area contributed by atoms with Crippen LogP contribution in [-0.4, -0.2) is 27.6 Å². The van der Waals surface area contributed by atoms with Gasteiger partial charge in [-0.1, -0.05) is 30.3 Å². The SMILES string of the molecule is CCC(C)(NC(=O)Cc1ccccc1O)/C(N)=N/O. The smallest absolute Gasteiger partial charge is 0.225 e. The molecule has 0 aliphatic rings. The van der Waals surface area contributed by atoms with Crippen molar-refractivity contribution in [2.24, 2.45) is 10.9 Å². The molecule has 6 nitrogen and oxygen atoms in total. The third-order valence-electron chi connectivity index (χ3n) is 3.14. The quantitative estimate of drug-likeness (QED) is 0.275. The van der Waals surface area contributed by atoms with Crippen LogP contribution >= 0.6 is 0 Å². The van der Waals surface area contributed by atoms with Gasteiger partial charge in [0.25, 0.3) is 0 Å². The van der Waals surface area contributed by atoms with E-state index in [1.807, 2.05) is 6.92 Å². The standard InChI is InChI=1S/C13H19N3O3/c1-3-13(2,12(14)16-19)15-11(18)8-9-6-4-5-7-10(9)17/h4-7,17,19H,3,8H2,1-2H3,(H2,14,16)(H,15,18). The number of amidine groups is 1. The van der Waals surface area contributed by atoms with Gasteiger partial charge in [0.05, 0.1) is 12.0 Å². The van der Waals surface area contributed by atoms with Gasteiger partial charge in [-0.25, -0.2) is 0 Å². The lowest BCUT2D eigenvalue weighted by Crippen LogP contribution is -2.55. The largest absolute Gasteiger partial charge is 0.508 e. The average Bonchev–Trinajstić information content (AvgIpc) is 2.40. The lowest BCUT2D eigenvalue weighted by atomic mass is 9.97. The average molecular weight is 265 g/mol. The number of nitrogens with one attached hydrogen (secondary N) is 1. The molecule has 0 radical (unpaired) electrons. The van der Waals surface area contributed by atoms with E-state index in [2.05, 4.69) is 10.5 Å². The molecular weight excluding hydrogens is 246 g/mol. The predicted molar refractivity (Wildman–Crippen MR) is 72.1 cm³/mol. The van der Waals surface area contributed by atoms with Crippen molar-refractivity contribution in [1.82, 2.24) is 5.32 Å². The summed E-state index contributed by atoms with van der Waals surface area (Å²) in [6.45, 7) is 3.49. The first kappa shape index (κ1) is 14.8. The van der Waals surface area contributed by atoms with E-state index in [0.29, 0.717) is 12.0 Å². The fourth-order valence-corrected chi connectivity index (χ4v) is 1.63. The van der Waals surface area contributed by atoms with Gasteiger partial charge in [0.1, 0.15) is 5.75 Å². The molecule has 0 saturated heterocycles. The number of hydrogen-bond acceptors (Lipinski definition) is 4. The molecule has 1 unspecified atom stereocenters. The zero-order valence-corrected chi connectivity index (χ0v) is 11.1. The van der Waals surface area contributed by atoms with Gasteiger partial charge in [0.15, 0.2) is 5.84 Å². The second-order valence-corrected chi connectivity index (χ2v) is 4.52. The molecule has 104 valence electrons. The van der Waals surface area contributed by atoms with E-state index < -0.39 is 5.54 Å². The zero-order valence-electron chi connectivity index (χ0n) is 11.1. The van der Waals surface area contributed by atoms with Crippen molar-refractivity contribution in [3.8, 4) is 5.75 Å². The van der Waals surface area contributed by atoms with Gasteiger partial charge >= 0.3 is 0 Å². The van der Waals surface area contributed by atoms with Crippen LogP contribution in [0.5, 0.6) is 5.75 Å². The van der Waals surface area contributed by atoms with Crippen LogP contribution in [0.2, 0.25) is 0 Å². The molecule has 0 aliphatic heterocycles. The number of carbonyl (C=O) groups excluding carboxylic acids is 1. The van der Waals surface area contributed by atoms with Crippen LogP contribution in [0.4, 0.5) is 0 Å². The number of hydrogen-bond donors (Lipinski definition) is 4. The van der Waals surface area contributed by atoms with Gasteiger partial charge in [0, 0.05) is 5.56 Å². The second kappa shape index (κ2) is 6.08. The number of para-hydroxylation sites is 1. The molecule has 6 heteroatoms. The maximum atomic E-state index is 11.9.